The third-order valence-corrected chi connectivity index (χ3v) is 7.97. The summed E-state index contributed by atoms with van der Waals surface area (Å²) in [5.41, 5.74) is 7.56. The molecular weight excluding hydrogens is 456 g/mol. The van der Waals surface area contributed by atoms with Crippen molar-refractivity contribution in [3.8, 4) is 17.2 Å². The van der Waals surface area contributed by atoms with E-state index in [1.54, 1.807) is 6.07 Å². The van der Waals surface area contributed by atoms with Crippen LogP contribution in [0, 0.1) is 11.3 Å². The van der Waals surface area contributed by atoms with E-state index in [4.69, 9.17) is 16.3 Å². The van der Waals surface area contributed by atoms with Gasteiger partial charge in [-0.1, -0.05) is 72.3 Å². The number of nitrogens with zero attached hydrogens (tertiary/aromatic N) is 2. The van der Waals surface area contributed by atoms with Crippen LogP contribution in [0.3, 0.4) is 0 Å². The number of carbonyl (C=O) groups excluding carboxylic acids is 1. The Hall–Kier alpha value is -3.55. The van der Waals surface area contributed by atoms with Gasteiger partial charge < -0.3 is 4.74 Å². The van der Waals surface area contributed by atoms with Crippen LogP contribution >= 0.6 is 11.6 Å². The quantitative estimate of drug-likeness (QED) is 0.399. The lowest BCUT2D eigenvalue weighted by Crippen LogP contribution is -2.51. The largest absolute Gasteiger partial charge is 0.448 e. The average molecular weight is 481 g/mol. The number of hydrogen-bond donors (Lipinski definition) is 0. The van der Waals surface area contributed by atoms with Crippen LogP contribution in [0.5, 0.6) is 0 Å². The predicted octanol–water partition coefficient (Wildman–Crippen LogP) is 7.17. The molecule has 0 spiro atoms. The highest BCUT2D eigenvalue weighted by Crippen LogP contribution is 2.45. The number of halogens is 1. The van der Waals surface area contributed by atoms with Crippen LogP contribution in [-0.2, 0) is 4.74 Å². The van der Waals surface area contributed by atoms with Crippen molar-refractivity contribution in [1.82, 2.24) is 4.90 Å². The second-order valence-corrected chi connectivity index (χ2v) is 9.97. The van der Waals surface area contributed by atoms with Crippen LogP contribution in [0.2, 0.25) is 5.02 Å². The maximum absolute atomic E-state index is 13.4. The standard InChI is InChI=1S/C30H25ClN2O2/c31-29-13-12-19(14-21(29)17-32)20-15-22-6-5-7-23(16-20)33(22)30(34)35-18-28-26-10-3-1-8-24(26)25-9-2-4-11-27(25)28/h1-4,8-15,22-23,28H,5-7,16,18H2. The van der Waals surface area contributed by atoms with Crippen LogP contribution in [0.4, 0.5) is 4.79 Å². The molecule has 2 atom stereocenters. The Labute approximate surface area is 210 Å². The van der Waals surface area contributed by atoms with E-state index in [-0.39, 0.29) is 24.1 Å². The normalized spacial score (nSPS) is 20.5. The van der Waals surface area contributed by atoms with Crippen molar-refractivity contribution in [2.45, 2.75) is 43.7 Å². The van der Waals surface area contributed by atoms with Crippen LogP contribution in [0.25, 0.3) is 16.7 Å². The molecule has 2 unspecified atom stereocenters. The van der Waals surface area contributed by atoms with Crippen LogP contribution < -0.4 is 0 Å². The summed E-state index contributed by atoms with van der Waals surface area (Å²) < 4.78 is 6.01. The number of hydrogen-bond acceptors (Lipinski definition) is 3. The molecule has 1 amide bonds. The number of amides is 1. The lowest BCUT2D eigenvalue weighted by Gasteiger charge is -2.44. The van der Waals surface area contributed by atoms with Crippen molar-refractivity contribution in [1.29, 1.82) is 5.26 Å². The van der Waals surface area contributed by atoms with Crippen LogP contribution in [0.1, 0.15) is 53.9 Å². The molecule has 0 saturated carbocycles. The Morgan fingerprint density at radius 1 is 1.03 bits per heavy atom. The smallest absolute Gasteiger partial charge is 0.410 e. The molecule has 174 valence electrons. The lowest BCUT2D eigenvalue weighted by atomic mass is 9.83. The van der Waals surface area contributed by atoms with E-state index in [0.29, 0.717) is 17.2 Å². The molecule has 6 rings (SSSR count). The molecule has 4 nitrogen and oxygen atoms in total. The van der Waals surface area contributed by atoms with Gasteiger partial charge in [0.15, 0.2) is 0 Å². The van der Waals surface area contributed by atoms with Gasteiger partial charge in [-0.15, -0.1) is 0 Å². The average Bonchev–Trinajstić information content (AvgIpc) is 3.20. The third kappa shape index (κ3) is 3.81. The Balaban J connectivity index is 1.22. The molecule has 0 radical (unpaired) electrons. The summed E-state index contributed by atoms with van der Waals surface area (Å²) in [5.74, 6) is 0.0561. The minimum atomic E-state index is -0.231. The molecule has 2 aliphatic heterocycles. The summed E-state index contributed by atoms with van der Waals surface area (Å²) in [6.45, 7) is 0.335. The molecule has 1 saturated heterocycles. The highest BCUT2D eigenvalue weighted by Gasteiger charge is 2.39. The second-order valence-electron chi connectivity index (χ2n) is 9.57. The first kappa shape index (κ1) is 21.9. The zero-order valence-corrected chi connectivity index (χ0v) is 20.0. The molecule has 0 N–H and O–H groups in total. The monoisotopic (exact) mass is 480 g/mol. The molecule has 2 heterocycles. The van der Waals surface area contributed by atoms with E-state index in [2.05, 4.69) is 60.7 Å². The van der Waals surface area contributed by atoms with E-state index in [1.807, 2.05) is 17.0 Å². The summed E-state index contributed by atoms with van der Waals surface area (Å²) >= 11 is 6.14. The van der Waals surface area contributed by atoms with Gasteiger partial charge in [-0.05, 0) is 71.2 Å². The topological polar surface area (TPSA) is 53.3 Å². The van der Waals surface area contributed by atoms with Crippen LogP contribution in [-0.4, -0.2) is 29.7 Å². The number of piperidine rings is 1. The molecular formula is C30H25ClN2O2. The molecule has 1 aliphatic carbocycles. The summed E-state index contributed by atoms with van der Waals surface area (Å²) in [5, 5.41) is 9.83. The minimum Gasteiger partial charge on any atom is -0.448 e. The molecule has 5 heteroatoms. The number of ether oxygens (including phenoxy) is 1. The van der Waals surface area contributed by atoms with Gasteiger partial charge in [0.1, 0.15) is 12.7 Å². The van der Waals surface area contributed by atoms with Crippen molar-refractivity contribution in [3.05, 3.63) is 100 Å². The Morgan fingerprint density at radius 2 is 1.74 bits per heavy atom. The first-order valence-electron chi connectivity index (χ1n) is 12.2. The molecule has 2 bridgehead atoms. The van der Waals surface area contributed by atoms with Crippen LogP contribution in [0.15, 0.2) is 72.8 Å². The minimum absolute atomic E-state index is 0.00867. The number of rotatable bonds is 3. The first-order chi connectivity index (χ1) is 17.1. The Morgan fingerprint density at radius 3 is 2.43 bits per heavy atom. The van der Waals surface area contributed by atoms with E-state index >= 15 is 0 Å². The Kier molecular flexibility index (Phi) is 5.59. The van der Waals surface area contributed by atoms with Crippen molar-refractivity contribution >= 4 is 23.3 Å². The van der Waals surface area contributed by atoms with E-state index in [1.165, 1.54) is 27.8 Å². The molecule has 35 heavy (non-hydrogen) atoms. The summed E-state index contributed by atoms with van der Waals surface area (Å²) in [6.07, 6.45) is 5.68. The molecule has 0 aromatic heterocycles. The number of nitriles is 1. The molecule has 1 fully saturated rings. The highest BCUT2D eigenvalue weighted by atomic mass is 35.5. The number of fused-ring (bicyclic) bond motifs is 5. The molecule has 3 aromatic rings. The number of carbonyl (C=O) groups is 1. The van der Waals surface area contributed by atoms with Crippen molar-refractivity contribution in [3.63, 3.8) is 0 Å². The van der Waals surface area contributed by atoms with Gasteiger partial charge in [0, 0.05) is 12.0 Å². The van der Waals surface area contributed by atoms with Gasteiger partial charge >= 0.3 is 6.09 Å². The van der Waals surface area contributed by atoms with Gasteiger partial charge in [-0.2, -0.15) is 5.26 Å². The maximum Gasteiger partial charge on any atom is 0.410 e. The van der Waals surface area contributed by atoms with E-state index in [0.717, 1.165) is 31.2 Å². The summed E-state index contributed by atoms with van der Waals surface area (Å²) in [6, 6.07) is 24.7. The zero-order valence-electron chi connectivity index (χ0n) is 19.3. The highest BCUT2D eigenvalue weighted by molar-refractivity contribution is 6.31. The molecule has 3 aromatic carbocycles. The SMILES string of the molecule is N#Cc1cc(C2=CC3CCCC(C2)N3C(=O)OCC2c3ccccc3-c3ccccc32)ccc1Cl. The van der Waals surface area contributed by atoms with Gasteiger partial charge in [-0.25, -0.2) is 4.79 Å². The fraction of sp³-hybridized carbons (Fsp3) is 0.267. The first-order valence-corrected chi connectivity index (χ1v) is 12.6. The fourth-order valence-corrected chi connectivity index (χ4v) is 6.17. The number of benzene rings is 3. The van der Waals surface area contributed by atoms with E-state index < -0.39 is 0 Å². The summed E-state index contributed by atoms with van der Waals surface area (Å²) in [7, 11) is 0. The molecule has 3 aliphatic rings. The van der Waals surface area contributed by atoms with Crippen molar-refractivity contribution < 1.29 is 9.53 Å². The van der Waals surface area contributed by atoms with Crippen molar-refractivity contribution in [2.24, 2.45) is 0 Å². The summed E-state index contributed by atoms with van der Waals surface area (Å²) in [4.78, 5) is 15.3. The Bertz CT molecular complexity index is 1340. The lowest BCUT2D eigenvalue weighted by molar-refractivity contribution is 0.0539. The predicted molar refractivity (Wildman–Crippen MR) is 137 cm³/mol. The van der Waals surface area contributed by atoms with Gasteiger partial charge in [0.2, 0.25) is 0 Å². The van der Waals surface area contributed by atoms with Gasteiger partial charge in [0.25, 0.3) is 0 Å². The fourth-order valence-electron chi connectivity index (χ4n) is 6.01. The van der Waals surface area contributed by atoms with Crippen molar-refractivity contribution in [2.75, 3.05) is 6.61 Å². The van der Waals surface area contributed by atoms with Gasteiger partial charge in [-0.3, -0.25) is 4.90 Å². The maximum atomic E-state index is 13.4. The third-order valence-electron chi connectivity index (χ3n) is 7.64. The van der Waals surface area contributed by atoms with E-state index in [9.17, 15) is 10.1 Å². The second kappa shape index (κ2) is 8.91. The van der Waals surface area contributed by atoms with Gasteiger partial charge in [0.05, 0.1) is 16.6 Å². The zero-order chi connectivity index (χ0) is 23.9.